The van der Waals surface area contributed by atoms with Crippen LogP contribution in [0.15, 0.2) is 0 Å². The second-order valence-corrected chi connectivity index (χ2v) is 8.20. The van der Waals surface area contributed by atoms with Crippen LogP contribution < -0.4 is 0 Å². The van der Waals surface area contributed by atoms with Gasteiger partial charge in [0.15, 0.2) is 0 Å². The second-order valence-electron chi connectivity index (χ2n) is 6.59. The van der Waals surface area contributed by atoms with Crippen LogP contribution in [0.2, 0.25) is 0 Å². The number of amides is 1. The van der Waals surface area contributed by atoms with Crippen molar-refractivity contribution in [1.29, 1.82) is 0 Å². The van der Waals surface area contributed by atoms with Gasteiger partial charge >= 0.3 is 0 Å². The number of nitrogens with zero attached hydrogens (tertiary/aromatic N) is 2. The molecule has 0 N–H and O–H groups in total. The van der Waals surface area contributed by atoms with Gasteiger partial charge in [0, 0.05) is 25.7 Å². The molecule has 2 heterocycles. The van der Waals surface area contributed by atoms with Gasteiger partial charge in [0.25, 0.3) is 0 Å². The van der Waals surface area contributed by atoms with Gasteiger partial charge in [-0.2, -0.15) is 0 Å². The second kappa shape index (κ2) is 7.32. The molecule has 3 fully saturated rings. The minimum Gasteiger partial charge on any atom is -0.358 e. The maximum Gasteiger partial charge on any atom is 0.233 e. The van der Waals surface area contributed by atoms with Crippen molar-refractivity contribution in [2.45, 2.75) is 57.4 Å². The molecule has 5 heteroatoms. The van der Waals surface area contributed by atoms with Crippen molar-refractivity contribution in [3.63, 3.8) is 0 Å². The van der Waals surface area contributed by atoms with Gasteiger partial charge in [-0.25, -0.2) is 0 Å². The molecular weight excluding hydrogens is 300 g/mol. The molecule has 2 unspecified atom stereocenters. The predicted octanol–water partition coefficient (Wildman–Crippen LogP) is 3.28. The first-order valence-corrected chi connectivity index (χ1v) is 9.86. The van der Waals surface area contributed by atoms with E-state index in [1.54, 1.807) is 11.8 Å². The van der Waals surface area contributed by atoms with E-state index in [4.69, 9.17) is 12.2 Å². The van der Waals surface area contributed by atoms with Gasteiger partial charge in [-0.15, -0.1) is 0 Å². The largest absolute Gasteiger partial charge is 0.358 e. The fraction of sp³-hybridized carbons (Fsp3) is 0.875. The summed E-state index contributed by atoms with van der Waals surface area (Å²) in [5, 5.41) is 0. The summed E-state index contributed by atoms with van der Waals surface area (Å²) >= 11 is 7.05. The first kappa shape index (κ1) is 15.6. The minimum absolute atomic E-state index is 0.318. The molecule has 1 saturated carbocycles. The molecule has 2 atom stereocenters. The van der Waals surface area contributed by atoms with Gasteiger partial charge < -0.3 is 9.80 Å². The number of piperidine rings is 1. The smallest absolute Gasteiger partial charge is 0.233 e. The summed E-state index contributed by atoms with van der Waals surface area (Å²) in [6, 6.07) is 0.529. The zero-order valence-corrected chi connectivity index (χ0v) is 14.4. The third-order valence-electron chi connectivity index (χ3n) is 5.25. The highest BCUT2D eigenvalue weighted by molar-refractivity contribution is 8.23. The summed E-state index contributed by atoms with van der Waals surface area (Å²) in [5.41, 5.74) is 0. The fourth-order valence-electron chi connectivity index (χ4n) is 4.13. The average molecular weight is 327 g/mol. The summed E-state index contributed by atoms with van der Waals surface area (Å²) in [6.45, 7) is 3.12. The number of fused-ring (bicyclic) bond motifs is 1. The van der Waals surface area contributed by atoms with Gasteiger partial charge in [0.05, 0.1) is 5.75 Å². The molecule has 3 aliphatic rings. The molecule has 0 bridgehead atoms. The van der Waals surface area contributed by atoms with Crippen LogP contribution in [0.3, 0.4) is 0 Å². The Hall–Kier alpha value is -0.290. The average Bonchev–Trinajstić information content (AvgIpc) is 3.06. The molecule has 118 valence electrons. The normalized spacial score (nSPS) is 29.3. The molecule has 3 nitrogen and oxygen atoms in total. The Bertz CT molecular complexity index is 394. The van der Waals surface area contributed by atoms with E-state index in [-0.39, 0.29) is 0 Å². The van der Waals surface area contributed by atoms with Crippen molar-refractivity contribution >= 4 is 34.2 Å². The Kier molecular flexibility index (Phi) is 5.43. The van der Waals surface area contributed by atoms with Crippen molar-refractivity contribution in [3.8, 4) is 0 Å². The zero-order chi connectivity index (χ0) is 14.7. The summed E-state index contributed by atoms with van der Waals surface area (Å²) in [7, 11) is 0. The van der Waals surface area contributed by atoms with Gasteiger partial charge in [-0.1, -0.05) is 36.8 Å². The van der Waals surface area contributed by atoms with E-state index in [9.17, 15) is 4.79 Å². The lowest BCUT2D eigenvalue weighted by Gasteiger charge is -2.44. The Morgan fingerprint density at radius 1 is 1.00 bits per heavy atom. The molecule has 2 saturated heterocycles. The summed E-state index contributed by atoms with van der Waals surface area (Å²) < 4.78 is 0.929. The maximum absolute atomic E-state index is 12.6. The minimum atomic E-state index is 0.318. The lowest BCUT2D eigenvalue weighted by molar-refractivity contribution is -0.134. The number of hydrogen-bond acceptors (Lipinski definition) is 3. The quantitative estimate of drug-likeness (QED) is 0.727. The van der Waals surface area contributed by atoms with Crippen molar-refractivity contribution in [1.82, 2.24) is 9.80 Å². The van der Waals surface area contributed by atoms with Crippen LogP contribution in [-0.4, -0.2) is 51.5 Å². The lowest BCUT2D eigenvalue weighted by atomic mass is 9.78. The maximum atomic E-state index is 12.6. The molecular formula is C16H26N2OS2. The van der Waals surface area contributed by atoms with E-state index in [2.05, 4.69) is 9.80 Å². The SMILES string of the molecule is O=C(CSC(=S)N1CCCC1)N1CCCC2CCCCC21. The Balaban J connectivity index is 1.50. The number of carbonyl (C=O) groups is 1. The molecule has 1 aliphatic carbocycles. The Morgan fingerprint density at radius 3 is 2.52 bits per heavy atom. The molecule has 21 heavy (non-hydrogen) atoms. The number of rotatable bonds is 2. The number of thioether (sulfide) groups is 1. The van der Waals surface area contributed by atoms with Crippen LogP contribution in [0.5, 0.6) is 0 Å². The van der Waals surface area contributed by atoms with Crippen molar-refractivity contribution in [3.05, 3.63) is 0 Å². The lowest BCUT2D eigenvalue weighted by Crippen LogP contribution is -2.50. The standard InChI is InChI=1S/C16H26N2OS2/c19-15(12-21-16(20)17-9-3-4-10-17)18-11-5-7-13-6-1-2-8-14(13)18/h13-14H,1-12H2. The topological polar surface area (TPSA) is 23.6 Å². The highest BCUT2D eigenvalue weighted by Crippen LogP contribution is 2.35. The number of hydrogen-bond donors (Lipinski definition) is 0. The van der Waals surface area contributed by atoms with E-state index in [1.165, 1.54) is 51.4 Å². The number of carbonyl (C=O) groups excluding carboxylic acids is 1. The van der Waals surface area contributed by atoms with Crippen LogP contribution in [0.4, 0.5) is 0 Å². The van der Waals surface area contributed by atoms with Crippen molar-refractivity contribution in [2.75, 3.05) is 25.4 Å². The first-order valence-electron chi connectivity index (χ1n) is 8.47. The van der Waals surface area contributed by atoms with Gasteiger partial charge in [0.2, 0.25) is 5.91 Å². The summed E-state index contributed by atoms with van der Waals surface area (Å²) in [5.74, 6) is 1.63. The van der Waals surface area contributed by atoms with E-state index in [0.29, 0.717) is 17.7 Å². The molecule has 2 aliphatic heterocycles. The highest BCUT2D eigenvalue weighted by atomic mass is 32.2. The highest BCUT2D eigenvalue weighted by Gasteiger charge is 2.35. The molecule has 0 aromatic carbocycles. The van der Waals surface area contributed by atoms with Gasteiger partial charge in [0.1, 0.15) is 4.32 Å². The molecule has 1 amide bonds. The van der Waals surface area contributed by atoms with Crippen LogP contribution in [0, 0.1) is 5.92 Å². The van der Waals surface area contributed by atoms with E-state index >= 15 is 0 Å². The Morgan fingerprint density at radius 2 is 1.71 bits per heavy atom. The summed E-state index contributed by atoms with van der Waals surface area (Å²) in [4.78, 5) is 17.0. The summed E-state index contributed by atoms with van der Waals surface area (Å²) in [6.07, 6.45) is 10.2. The molecule has 3 rings (SSSR count). The number of thiocarbonyl (C=S) groups is 1. The van der Waals surface area contributed by atoms with Crippen LogP contribution in [0.1, 0.15) is 51.4 Å². The van der Waals surface area contributed by atoms with E-state index in [1.807, 2.05) is 0 Å². The number of likely N-dealkylation sites (tertiary alicyclic amines) is 2. The molecule has 0 radical (unpaired) electrons. The van der Waals surface area contributed by atoms with Crippen molar-refractivity contribution in [2.24, 2.45) is 5.92 Å². The van der Waals surface area contributed by atoms with Crippen LogP contribution >= 0.6 is 24.0 Å². The molecule has 0 aromatic heterocycles. The van der Waals surface area contributed by atoms with Crippen molar-refractivity contribution < 1.29 is 4.79 Å². The van der Waals surface area contributed by atoms with E-state index in [0.717, 1.165) is 29.9 Å². The zero-order valence-electron chi connectivity index (χ0n) is 12.8. The van der Waals surface area contributed by atoms with Crippen LogP contribution in [0.25, 0.3) is 0 Å². The predicted molar refractivity (Wildman–Crippen MR) is 92.6 cm³/mol. The molecule has 0 aromatic rings. The monoisotopic (exact) mass is 326 g/mol. The third-order valence-corrected chi connectivity index (χ3v) is 6.76. The first-order chi connectivity index (χ1) is 10.3. The van der Waals surface area contributed by atoms with Gasteiger partial charge in [-0.3, -0.25) is 4.79 Å². The fourth-order valence-corrected chi connectivity index (χ4v) is 5.27. The Labute approximate surface area is 137 Å². The van der Waals surface area contributed by atoms with Crippen LogP contribution in [-0.2, 0) is 4.79 Å². The third kappa shape index (κ3) is 3.73. The van der Waals surface area contributed by atoms with Gasteiger partial charge in [-0.05, 0) is 44.4 Å². The van der Waals surface area contributed by atoms with E-state index < -0.39 is 0 Å². The molecule has 0 spiro atoms.